The predicted octanol–water partition coefficient (Wildman–Crippen LogP) is 6.09. The summed E-state index contributed by atoms with van der Waals surface area (Å²) in [7, 11) is 0. The van der Waals surface area contributed by atoms with Gasteiger partial charge in [0.15, 0.2) is 0 Å². The minimum absolute atomic E-state index is 0.0829. The molecule has 0 aliphatic carbocycles. The quantitative estimate of drug-likeness (QED) is 0.699. The molecule has 2 nitrogen and oxygen atoms in total. The Morgan fingerprint density at radius 2 is 0.923 bits per heavy atom. The van der Waals surface area contributed by atoms with Crippen molar-refractivity contribution in [3.63, 3.8) is 0 Å². The van der Waals surface area contributed by atoms with E-state index in [0.717, 1.165) is 35.1 Å². The molecule has 2 aromatic rings. The van der Waals surface area contributed by atoms with Crippen LogP contribution in [0.3, 0.4) is 0 Å². The van der Waals surface area contributed by atoms with Gasteiger partial charge in [0.2, 0.25) is 0 Å². The smallest absolute Gasteiger partial charge is 0.119 e. The molecule has 0 spiro atoms. The third-order valence-electron chi connectivity index (χ3n) is 5.19. The van der Waals surface area contributed by atoms with E-state index in [4.69, 9.17) is 0 Å². The Bertz CT molecular complexity index is 733. The van der Waals surface area contributed by atoms with Crippen molar-refractivity contribution in [3.8, 4) is 11.5 Å². The van der Waals surface area contributed by atoms with Gasteiger partial charge in [-0.15, -0.1) is 0 Å². The molecule has 2 rings (SSSR count). The van der Waals surface area contributed by atoms with Gasteiger partial charge in [-0.2, -0.15) is 0 Å². The van der Waals surface area contributed by atoms with E-state index < -0.39 is 0 Å². The normalized spacial score (nSPS) is 12.5. The summed E-state index contributed by atoms with van der Waals surface area (Å²) in [6, 6.07) is 8.09. The van der Waals surface area contributed by atoms with Crippen molar-refractivity contribution in [2.75, 3.05) is 0 Å². The van der Waals surface area contributed by atoms with Crippen LogP contribution >= 0.6 is 0 Å². The molecular weight excluding hydrogens is 320 g/mol. The van der Waals surface area contributed by atoms with Crippen molar-refractivity contribution >= 4 is 0 Å². The van der Waals surface area contributed by atoms with Crippen molar-refractivity contribution in [1.29, 1.82) is 0 Å². The molecule has 2 N–H and O–H groups in total. The lowest BCUT2D eigenvalue weighted by molar-refractivity contribution is 0.444. The summed E-state index contributed by atoms with van der Waals surface area (Å²) >= 11 is 0. The number of phenolic OH excluding ortho intramolecular Hbond substituents is 2. The summed E-state index contributed by atoms with van der Waals surface area (Å²) in [5.74, 6) is 0.768. The van der Waals surface area contributed by atoms with Crippen molar-refractivity contribution in [3.05, 3.63) is 57.6 Å². The largest absolute Gasteiger partial charge is 0.508 e. The van der Waals surface area contributed by atoms with Gasteiger partial charge in [-0.25, -0.2) is 0 Å². The number of hydrogen-bond donors (Lipinski definition) is 2. The molecule has 142 valence electrons. The summed E-state index contributed by atoms with van der Waals surface area (Å²) in [5.41, 5.74) is 6.63. The third-order valence-corrected chi connectivity index (χ3v) is 5.19. The standard InChI is InChI=1S/C24H34O2/c1-15-11-21(25)19(23(3,4)5)13-17(15)9-10-18-14-20(24(6,7)8)22(26)12-16(18)2/h11-14,25-26H,9-10H2,1-8H3. The average molecular weight is 355 g/mol. The lowest BCUT2D eigenvalue weighted by atomic mass is 9.82. The molecular formula is C24H34O2. The molecule has 0 fully saturated rings. The molecule has 0 aliphatic heterocycles. The van der Waals surface area contributed by atoms with E-state index in [1.807, 2.05) is 12.1 Å². The second-order valence-corrected chi connectivity index (χ2v) is 9.59. The summed E-state index contributed by atoms with van der Waals surface area (Å²) < 4.78 is 0. The molecule has 0 atom stereocenters. The molecule has 0 saturated heterocycles. The van der Waals surface area contributed by atoms with Crippen molar-refractivity contribution < 1.29 is 10.2 Å². The van der Waals surface area contributed by atoms with E-state index in [1.165, 1.54) is 11.1 Å². The van der Waals surface area contributed by atoms with Crippen LogP contribution < -0.4 is 0 Å². The summed E-state index contributed by atoms with van der Waals surface area (Å²) in [6.45, 7) is 16.9. The molecule has 0 radical (unpaired) electrons. The first kappa shape index (κ1) is 20.4. The third kappa shape index (κ3) is 4.41. The molecule has 0 aromatic heterocycles. The highest BCUT2D eigenvalue weighted by Crippen LogP contribution is 2.35. The van der Waals surface area contributed by atoms with Crippen LogP contribution in [0.5, 0.6) is 11.5 Å². The minimum Gasteiger partial charge on any atom is -0.508 e. The molecule has 0 heterocycles. The van der Waals surface area contributed by atoms with Crippen LogP contribution in [0.2, 0.25) is 0 Å². The van der Waals surface area contributed by atoms with E-state index in [0.29, 0.717) is 11.5 Å². The first-order valence-corrected chi connectivity index (χ1v) is 9.46. The number of aromatic hydroxyl groups is 2. The summed E-state index contributed by atoms with van der Waals surface area (Å²) in [4.78, 5) is 0. The maximum Gasteiger partial charge on any atom is 0.119 e. The topological polar surface area (TPSA) is 40.5 Å². The summed E-state index contributed by atoms with van der Waals surface area (Å²) in [5, 5.41) is 20.6. The molecule has 0 unspecified atom stereocenters. The minimum atomic E-state index is -0.0829. The SMILES string of the molecule is Cc1cc(O)c(C(C)(C)C)cc1CCc1cc(C(C)(C)C)c(O)cc1C. The van der Waals surface area contributed by atoms with Gasteiger partial charge in [-0.05, 0) is 83.0 Å². The Morgan fingerprint density at radius 1 is 0.615 bits per heavy atom. The van der Waals surface area contributed by atoms with Gasteiger partial charge < -0.3 is 10.2 Å². The molecule has 0 saturated carbocycles. The highest BCUT2D eigenvalue weighted by molar-refractivity contribution is 5.47. The van der Waals surface area contributed by atoms with Crippen LogP contribution in [-0.2, 0) is 23.7 Å². The Morgan fingerprint density at radius 3 is 1.19 bits per heavy atom. The lowest BCUT2D eigenvalue weighted by Gasteiger charge is -2.23. The zero-order valence-electron chi connectivity index (χ0n) is 17.6. The maximum absolute atomic E-state index is 10.3. The van der Waals surface area contributed by atoms with E-state index in [1.54, 1.807) is 0 Å². The Hall–Kier alpha value is -1.96. The van der Waals surface area contributed by atoms with Crippen LogP contribution in [0.4, 0.5) is 0 Å². The Kier molecular flexibility index (Phi) is 5.46. The number of aryl methyl sites for hydroxylation is 4. The van der Waals surface area contributed by atoms with Gasteiger partial charge in [-0.3, -0.25) is 0 Å². The van der Waals surface area contributed by atoms with E-state index in [9.17, 15) is 10.2 Å². The number of rotatable bonds is 3. The molecule has 2 aromatic carbocycles. The molecule has 0 aliphatic rings. The van der Waals surface area contributed by atoms with Crippen LogP contribution in [0.15, 0.2) is 24.3 Å². The predicted molar refractivity (Wildman–Crippen MR) is 110 cm³/mol. The van der Waals surface area contributed by atoms with Gasteiger partial charge in [-0.1, -0.05) is 53.7 Å². The van der Waals surface area contributed by atoms with Crippen molar-refractivity contribution in [2.45, 2.75) is 79.1 Å². The van der Waals surface area contributed by atoms with E-state index in [-0.39, 0.29) is 10.8 Å². The summed E-state index contributed by atoms with van der Waals surface area (Å²) in [6.07, 6.45) is 1.84. The second kappa shape index (κ2) is 6.98. The molecule has 0 bridgehead atoms. The van der Waals surface area contributed by atoms with Crippen molar-refractivity contribution in [1.82, 2.24) is 0 Å². The highest BCUT2D eigenvalue weighted by atomic mass is 16.3. The first-order chi connectivity index (χ1) is 11.8. The van der Waals surface area contributed by atoms with E-state index >= 15 is 0 Å². The van der Waals surface area contributed by atoms with Gasteiger partial charge in [0.1, 0.15) is 11.5 Å². The lowest BCUT2D eigenvalue weighted by Crippen LogP contribution is -2.13. The molecule has 2 heteroatoms. The Balaban J connectivity index is 2.35. The Labute approximate surface area is 158 Å². The number of phenols is 2. The van der Waals surface area contributed by atoms with Crippen LogP contribution in [0, 0.1) is 13.8 Å². The van der Waals surface area contributed by atoms with Crippen molar-refractivity contribution in [2.24, 2.45) is 0 Å². The first-order valence-electron chi connectivity index (χ1n) is 9.46. The second-order valence-electron chi connectivity index (χ2n) is 9.59. The zero-order valence-corrected chi connectivity index (χ0v) is 17.6. The highest BCUT2D eigenvalue weighted by Gasteiger charge is 2.21. The van der Waals surface area contributed by atoms with Crippen LogP contribution in [0.1, 0.15) is 74.9 Å². The molecule has 26 heavy (non-hydrogen) atoms. The van der Waals surface area contributed by atoms with Gasteiger partial charge in [0.25, 0.3) is 0 Å². The monoisotopic (exact) mass is 354 g/mol. The fraction of sp³-hybridized carbons (Fsp3) is 0.500. The van der Waals surface area contributed by atoms with Gasteiger partial charge >= 0.3 is 0 Å². The maximum atomic E-state index is 10.3. The fourth-order valence-corrected chi connectivity index (χ4v) is 3.48. The van der Waals surface area contributed by atoms with E-state index in [2.05, 4.69) is 67.5 Å². The fourth-order valence-electron chi connectivity index (χ4n) is 3.48. The van der Waals surface area contributed by atoms with Gasteiger partial charge in [0.05, 0.1) is 0 Å². The number of hydrogen-bond acceptors (Lipinski definition) is 2. The van der Waals surface area contributed by atoms with Gasteiger partial charge in [0, 0.05) is 0 Å². The zero-order chi connectivity index (χ0) is 19.9. The number of benzene rings is 2. The molecule has 0 amide bonds. The average Bonchev–Trinajstić information content (AvgIpc) is 2.45. The van der Waals surface area contributed by atoms with Crippen LogP contribution in [-0.4, -0.2) is 10.2 Å². The van der Waals surface area contributed by atoms with Crippen LogP contribution in [0.25, 0.3) is 0 Å².